The Morgan fingerprint density at radius 2 is 1.90 bits per heavy atom. The van der Waals surface area contributed by atoms with E-state index < -0.39 is 0 Å². The van der Waals surface area contributed by atoms with Crippen LogP contribution in [0.5, 0.6) is 0 Å². The highest BCUT2D eigenvalue weighted by Crippen LogP contribution is 2.33. The number of anilines is 1. The molecular weight excluding hydrogens is 295 g/mol. The van der Waals surface area contributed by atoms with Crippen LogP contribution in [0.25, 0.3) is 16.7 Å². The summed E-state index contributed by atoms with van der Waals surface area (Å²) >= 11 is 12.3. The summed E-state index contributed by atoms with van der Waals surface area (Å²) in [5.74, 6) is 0.472. The zero-order chi connectivity index (χ0) is 14.4. The fourth-order valence-electron chi connectivity index (χ4n) is 2.38. The van der Waals surface area contributed by atoms with Crippen molar-refractivity contribution in [2.75, 3.05) is 5.73 Å². The van der Waals surface area contributed by atoms with Crippen LogP contribution in [-0.4, -0.2) is 14.5 Å². The first kappa shape index (κ1) is 13.2. The molecule has 0 aliphatic heterocycles. The predicted octanol–water partition coefficient (Wildman–Crippen LogP) is 3.93. The summed E-state index contributed by atoms with van der Waals surface area (Å²) in [5, 5.41) is 2.02. The van der Waals surface area contributed by atoms with Crippen LogP contribution in [0.3, 0.4) is 0 Å². The molecule has 1 aromatic carbocycles. The van der Waals surface area contributed by atoms with E-state index in [4.69, 9.17) is 28.9 Å². The number of nitrogens with two attached hydrogens (primary N) is 1. The van der Waals surface area contributed by atoms with Crippen molar-refractivity contribution in [1.82, 2.24) is 14.5 Å². The third-order valence-corrected chi connectivity index (χ3v) is 4.01. The number of nitrogens with zero attached hydrogens (tertiary/aromatic N) is 3. The van der Waals surface area contributed by atoms with E-state index >= 15 is 0 Å². The van der Waals surface area contributed by atoms with Gasteiger partial charge in [0, 0.05) is 10.7 Å². The lowest BCUT2D eigenvalue weighted by atomic mass is 10.2. The topological polar surface area (TPSA) is 56.7 Å². The summed E-state index contributed by atoms with van der Waals surface area (Å²) in [7, 11) is 0. The number of aryl methyl sites for hydroxylation is 1. The SMILES string of the molecule is Cc1c(C)n(-c2ccc(Cl)cc2Cl)c2ncnc(N)c12. The Kier molecular flexibility index (Phi) is 3.07. The fraction of sp³-hybridized carbons (Fsp3) is 0.143. The van der Waals surface area contributed by atoms with Crippen LogP contribution in [-0.2, 0) is 0 Å². The van der Waals surface area contributed by atoms with E-state index in [0.717, 1.165) is 28.0 Å². The molecule has 0 radical (unpaired) electrons. The largest absolute Gasteiger partial charge is 0.383 e. The maximum atomic E-state index is 6.31. The summed E-state index contributed by atoms with van der Waals surface area (Å²) in [6.07, 6.45) is 1.46. The van der Waals surface area contributed by atoms with Gasteiger partial charge in [-0.3, -0.25) is 4.57 Å². The van der Waals surface area contributed by atoms with Crippen molar-refractivity contribution in [1.29, 1.82) is 0 Å². The molecule has 0 saturated carbocycles. The Morgan fingerprint density at radius 3 is 2.60 bits per heavy atom. The minimum atomic E-state index is 0.472. The molecule has 2 heterocycles. The van der Waals surface area contributed by atoms with Crippen LogP contribution in [0.2, 0.25) is 10.0 Å². The van der Waals surface area contributed by atoms with Crippen molar-refractivity contribution >= 4 is 40.1 Å². The normalized spacial score (nSPS) is 11.2. The molecule has 0 fully saturated rings. The number of hydrogen-bond acceptors (Lipinski definition) is 3. The minimum Gasteiger partial charge on any atom is -0.383 e. The van der Waals surface area contributed by atoms with E-state index in [9.17, 15) is 0 Å². The van der Waals surface area contributed by atoms with Crippen molar-refractivity contribution in [3.05, 3.63) is 45.8 Å². The molecular formula is C14H12Cl2N4. The molecule has 0 saturated heterocycles. The minimum absolute atomic E-state index is 0.472. The Morgan fingerprint density at radius 1 is 1.15 bits per heavy atom. The molecule has 0 aliphatic rings. The zero-order valence-electron chi connectivity index (χ0n) is 11.0. The van der Waals surface area contributed by atoms with Gasteiger partial charge in [-0.1, -0.05) is 23.2 Å². The van der Waals surface area contributed by atoms with Crippen molar-refractivity contribution < 1.29 is 0 Å². The third kappa shape index (κ3) is 1.84. The van der Waals surface area contributed by atoms with Crippen molar-refractivity contribution in [2.24, 2.45) is 0 Å². The van der Waals surface area contributed by atoms with Gasteiger partial charge in [-0.05, 0) is 37.6 Å². The number of fused-ring (bicyclic) bond motifs is 1. The summed E-state index contributed by atoms with van der Waals surface area (Å²) in [4.78, 5) is 8.40. The molecule has 0 spiro atoms. The number of halogens is 2. The average Bonchev–Trinajstić information content (AvgIpc) is 2.64. The molecule has 20 heavy (non-hydrogen) atoms. The van der Waals surface area contributed by atoms with Crippen molar-refractivity contribution in [2.45, 2.75) is 13.8 Å². The first-order chi connectivity index (χ1) is 9.50. The molecule has 0 unspecified atom stereocenters. The maximum Gasteiger partial charge on any atom is 0.150 e. The van der Waals surface area contributed by atoms with Gasteiger partial charge in [0.05, 0.1) is 16.1 Å². The quantitative estimate of drug-likeness (QED) is 0.741. The van der Waals surface area contributed by atoms with Crippen LogP contribution >= 0.6 is 23.2 Å². The molecule has 6 heteroatoms. The van der Waals surface area contributed by atoms with E-state index in [1.165, 1.54) is 6.33 Å². The Labute approximate surface area is 126 Å². The molecule has 3 rings (SSSR count). The van der Waals surface area contributed by atoms with Crippen LogP contribution in [0.15, 0.2) is 24.5 Å². The Bertz CT molecular complexity index is 824. The third-order valence-electron chi connectivity index (χ3n) is 3.47. The molecule has 0 amide bonds. The van der Waals surface area contributed by atoms with Crippen LogP contribution in [0, 0.1) is 13.8 Å². The van der Waals surface area contributed by atoms with Gasteiger partial charge in [0.25, 0.3) is 0 Å². The maximum absolute atomic E-state index is 6.31. The van der Waals surface area contributed by atoms with Gasteiger partial charge in [0.1, 0.15) is 12.1 Å². The predicted molar refractivity (Wildman–Crippen MR) is 82.8 cm³/mol. The number of benzene rings is 1. The van der Waals surface area contributed by atoms with E-state index in [1.807, 2.05) is 24.5 Å². The standard InChI is InChI=1S/C14H12Cl2N4/c1-7-8(2)20(11-4-3-9(15)5-10(11)16)14-12(7)13(17)18-6-19-14/h3-6H,1-2H3,(H2,17,18,19). The van der Waals surface area contributed by atoms with E-state index in [2.05, 4.69) is 9.97 Å². The van der Waals surface area contributed by atoms with Crippen molar-refractivity contribution in [3.63, 3.8) is 0 Å². The second-order valence-electron chi connectivity index (χ2n) is 4.60. The van der Waals surface area contributed by atoms with Gasteiger partial charge < -0.3 is 5.73 Å². The number of rotatable bonds is 1. The van der Waals surface area contributed by atoms with Gasteiger partial charge in [-0.25, -0.2) is 9.97 Å². The Hall–Kier alpha value is -1.78. The summed E-state index contributed by atoms with van der Waals surface area (Å²) in [5.41, 5.74) is 9.60. The van der Waals surface area contributed by atoms with E-state index in [-0.39, 0.29) is 0 Å². The summed E-state index contributed by atoms with van der Waals surface area (Å²) < 4.78 is 1.97. The van der Waals surface area contributed by atoms with Gasteiger partial charge in [0.2, 0.25) is 0 Å². The van der Waals surface area contributed by atoms with Crippen LogP contribution in [0.4, 0.5) is 5.82 Å². The molecule has 2 N–H and O–H groups in total. The van der Waals surface area contributed by atoms with Gasteiger partial charge in [-0.15, -0.1) is 0 Å². The molecule has 2 aromatic heterocycles. The number of nitrogen functional groups attached to an aromatic ring is 1. The highest BCUT2D eigenvalue weighted by atomic mass is 35.5. The molecule has 4 nitrogen and oxygen atoms in total. The lowest BCUT2D eigenvalue weighted by Crippen LogP contribution is -2.00. The lowest BCUT2D eigenvalue weighted by molar-refractivity contribution is 1.01. The van der Waals surface area contributed by atoms with Crippen LogP contribution in [0.1, 0.15) is 11.3 Å². The second kappa shape index (κ2) is 4.65. The van der Waals surface area contributed by atoms with E-state index in [0.29, 0.717) is 15.9 Å². The Balaban J connectivity index is 2.42. The van der Waals surface area contributed by atoms with Gasteiger partial charge in [0.15, 0.2) is 5.65 Å². The summed E-state index contributed by atoms with van der Waals surface area (Å²) in [6, 6.07) is 5.38. The number of hydrogen-bond donors (Lipinski definition) is 1. The lowest BCUT2D eigenvalue weighted by Gasteiger charge is -2.10. The smallest absolute Gasteiger partial charge is 0.150 e. The second-order valence-corrected chi connectivity index (χ2v) is 5.44. The molecule has 102 valence electrons. The van der Waals surface area contributed by atoms with Gasteiger partial charge >= 0.3 is 0 Å². The average molecular weight is 307 g/mol. The number of aromatic nitrogens is 3. The zero-order valence-corrected chi connectivity index (χ0v) is 12.5. The molecule has 3 aromatic rings. The van der Waals surface area contributed by atoms with Crippen LogP contribution < -0.4 is 5.73 Å². The molecule has 0 aliphatic carbocycles. The van der Waals surface area contributed by atoms with E-state index in [1.54, 1.807) is 12.1 Å². The highest BCUT2D eigenvalue weighted by molar-refractivity contribution is 6.35. The van der Waals surface area contributed by atoms with Crippen molar-refractivity contribution in [3.8, 4) is 5.69 Å². The van der Waals surface area contributed by atoms with Gasteiger partial charge in [-0.2, -0.15) is 0 Å². The first-order valence-corrected chi connectivity index (χ1v) is 6.80. The molecule has 0 atom stereocenters. The first-order valence-electron chi connectivity index (χ1n) is 6.04. The fourth-order valence-corrected chi connectivity index (χ4v) is 2.88. The molecule has 0 bridgehead atoms. The highest BCUT2D eigenvalue weighted by Gasteiger charge is 2.17. The monoisotopic (exact) mass is 306 g/mol. The summed E-state index contributed by atoms with van der Waals surface area (Å²) in [6.45, 7) is 4.00.